The van der Waals surface area contributed by atoms with E-state index in [1.54, 1.807) is 13.0 Å². The van der Waals surface area contributed by atoms with Crippen molar-refractivity contribution in [2.45, 2.75) is 11.8 Å². The molecule has 0 amide bonds. The molecule has 0 unspecified atom stereocenters. The SMILES string of the molecule is CSc1cc(C)c(O)cc1-c1cc(C(=O)O)on1. The smallest absolute Gasteiger partial charge is 0.374 e. The molecule has 1 heterocycles. The molecule has 18 heavy (non-hydrogen) atoms. The number of nitrogens with zero attached hydrogens (tertiary/aromatic N) is 1. The number of carbonyl (C=O) groups is 1. The number of benzene rings is 1. The zero-order valence-corrected chi connectivity index (χ0v) is 10.6. The van der Waals surface area contributed by atoms with E-state index in [-0.39, 0.29) is 11.5 Å². The number of hydrogen-bond acceptors (Lipinski definition) is 5. The van der Waals surface area contributed by atoms with Crippen LogP contribution in [-0.4, -0.2) is 27.6 Å². The van der Waals surface area contributed by atoms with Crippen molar-refractivity contribution >= 4 is 17.7 Å². The summed E-state index contributed by atoms with van der Waals surface area (Å²) in [6.07, 6.45) is 1.90. The minimum absolute atomic E-state index is 0.141. The Balaban J connectivity index is 2.55. The molecule has 94 valence electrons. The van der Waals surface area contributed by atoms with Crippen LogP contribution in [0.25, 0.3) is 11.3 Å². The summed E-state index contributed by atoms with van der Waals surface area (Å²) >= 11 is 1.49. The number of rotatable bonds is 3. The normalized spacial score (nSPS) is 10.6. The van der Waals surface area contributed by atoms with Crippen LogP contribution in [0.3, 0.4) is 0 Å². The maximum Gasteiger partial charge on any atom is 0.374 e. The highest BCUT2D eigenvalue weighted by Crippen LogP contribution is 2.34. The van der Waals surface area contributed by atoms with Crippen LogP contribution in [0.4, 0.5) is 0 Å². The molecular formula is C12H11NO4S. The van der Waals surface area contributed by atoms with E-state index < -0.39 is 5.97 Å². The number of aryl methyl sites for hydroxylation is 1. The average molecular weight is 265 g/mol. The molecule has 2 rings (SSSR count). The van der Waals surface area contributed by atoms with Crippen molar-refractivity contribution in [1.29, 1.82) is 0 Å². The first-order chi connectivity index (χ1) is 8.52. The summed E-state index contributed by atoms with van der Waals surface area (Å²) in [5, 5.41) is 22.2. The third-order valence-electron chi connectivity index (χ3n) is 2.51. The Labute approximate surface area is 107 Å². The number of aromatic carboxylic acids is 1. The first kappa shape index (κ1) is 12.5. The van der Waals surface area contributed by atoms with Crippen molar-refractivity contribution in [1.82, 2.24) is 5.16 Å². The molecule has 0 bridgehead atoms. The predicted octanol–water partition coefficient (Wildman–Crippen LogP) is 2.78. The zero-order chi connectivity index (χ0) is 13.3. The molecule has 0 saturated heterocycles. The van der Waals surface area contributed by atoms with Gasteiger partial charge in [0.15, 0.2) is 0 Å². The van der Waals surface area contributed by atoms with E-state index in [0.717, 1.165) is 10.5 Å². The Morgan fingerprint density at radius 2 is 2.11 bits per heavy atom. The molecule has 0 atom stereocenters. The lowest BCUT2D eigenvalue weighted by Gasteiger charge is -2.07. The molecule has 1 aromatic heterocycles. The summed E-state index contributed by atoms with van der Waals surface area (Å²) in [6.45, 7) is 1.80. The summed E-state index contributed by atoms with van der Waals surface area (Å²) in [7, 11) is 0. The highest BCUT2D eigenvalue weighted by molar-refractivity contribution is 7.98. The van der Waals surface area contributed by atoms with E-state index in [0.29, 0.717) is 11.3 Å². The number of carboxylic acid groups (broad SMARTS) is 1. The Kier molecular flexibility index (Phi) is 3.29. The second-order valence-corrected chi connectivity index (χ2v) is 4.57. The predicted molar refractivity (Wildman–Crippen MR) is 67.1 cm³/mol. The summed E-state index contributed by atoms with van der Waals surface area (Å²) in [6, 6.07) is 4.72. The number of aromatic hydroxyl groups is 1. The molecule has 0 radical (unpaired) electrons. The van der Waals surface area contributed by atoms with E-state index in [1.807, 2.05) is 12.3 Å². The Morgan fingerprint density at radius 3 is 2.67 bits per heavy atom. The number of carboxylic acids is 1. The molecule has 0 aliphatic rings. The van der Waals surface area contributed by atoms with Crippen molar-refractivity contribution in [3.8, 4) is 17.0 Å². The maximum atomic E-state index is 10.7. The van der Waals surface area contributed by atoms with Crippen molar-refractivity contribution in [2.24, 2.45) is 0 Å². The summed E-state index contributed by atoms with van der Waals surface area (Å²) in [5.74, 6) is -1.25. The van der Waals surface area contributed by atoms with Crippen LogP contribution in [0.1, 0.15) is 16.1 Å². The first-order valence-electron chi connectivity index (χ1n) is 5.11. The molecule has 5 nitrogen and oxygen atoms in total. The number of phenols is 1. The zero-order valence-electron chi connectivity index (χ0n) is 9.80. The van der Waals surface area contributed by atoms with Gasteiger partial charge in [-0.25, -0.2) is 4.79 Å². The second-order valence-electron chi connectivity index (χ2n) is 3.72. The number of thioether (sulfide) groups is 1. The van der Waals surface area contributed by atoms with Crippen LogP contribution in [0.2, 0.25) is 0 Å². The quantitative estimate of drug-likeness (QED) is 0.830. The van der Waals surface area contributed by atoms with Gasteiger partial charge in [-0.3, -0.25) is 0 Å². The first-order valence-corrected chi connectivity index (χ1v) is 6.33. The third-order valence-corrected chi connectivity index (χ3v) is 3.29. The van der Waals surface area contributed by atoms with Gasteiger partial charge in [0.25, 0.3) is 0 Å². The van der Waals surface area contributed by atoms with E-state index >= 15 is 0 Å². The Bertz CT molecular complexity index is 606. The second kappa shape index (κ2) is 4.73. The van der Waals surface area contributed by atoms with Gasteiger partial charge in [-0.1, -0.05) is 5.16 Å². The van der Waals surface area contributed by atoms with E-state index in [4.69, 9.17) is 9.63 Å². The topological polar surface area (TPSA) is 83.6 Å². The van der Waals surface area contributed by atoms with Crippen molar-refractivity contribution in [2.75, 3.05) is 6.26 Å². The van der Waals surface area contributed by atoms with Gasteiger partial charge in [-0.15, -0.1) is 11.8 Å². The van der Waals surface area contributed by atoms with Crippen LogP contribution < -0.4 is 0 Å². The molecule has 0 spiro atoms. The molecule has 0 aliphatic carbocycles. The minimum Gasteiger partial charge on any atom is -0.508 e. The fourth-order valence-corrected chi connectivity index (χ4v) is 2.22. The summed E-state index contributed by atoms with van der Waals surface area (Å²) < 4.78 is 4.71. The van der Waals surface area contributed by atoms with Gasteiger partial charge in [0.2, 0.25) is 5.76 Å². The fraction of sp³-hybridized carbons (Fsp3) is 0.167. The fourth-order valence-electron chi connectivity index (χ4n) is 1.54. The Morgan fingerprint density at radius 1 is 1.39 bits per heavy atom. The van der Waals surface area contributed by atoms with Crippen LogP contribution in [-0.2, 0) is 0 Å². The standard InChI is InChI=1S/C12H11NO4S/c1-6-3-11(18-2)7(4-9(6)14)8-5-10(12(15)16)17-13-8/h3-5,14H,1-2H3,(H,15,16). The molecule has 1 aromatic carbocycles. The highest BCUT2D eigenvalue weighted by atomic mass is 32.2. The lowest BCUT2D eigenvalue weighted by Crippen LogP contribution is -1.91. The lowest BCUT2D eigenvalue weighted by atomic mass is 10.1. The average Bonchev–Trinajstić information content (AvgIpc) is 2.81. The van der Waals surface area contributed by atoms with Crippen LogP contribution >= 0.6 is 11.8 Å². The maximum absolute atomic E-state index is 10.7. The van der Waals surface area contributed by atoms with Gasteiger partial charge in [0.05, 0.1) is 0 Å². The lowest BCUT2D eigenvalue weighted by molar-refractivity contribution is 0.0652. The summed E-state index contributed by atoms with van der Waals surface area (Å²) in [5.41, 5.74) is 1.80. The molecule has 6 heteroatoms. The highest BCUT2D eigenvalue weighted by Gasteiger charge is 2.16. The van der Waals surface area contributed by atoms with Crippen molar-refractivity contribution in [3.05, 3.63) is 29.5 Å². The van der Waals surface area contributed by atoms with Gasteiger partial charge in [0, 0.05) is 16.5 Å². The number of aromatic nitrogens is 1. The van der Waals surface area contributed by atoms with Crippen molar-refractivity contribution in [3.63, 3.8) is 0 Å². The van der Waals surface area contributed by atoms with Gasteiger partial charge in [-0.2, -0.15) is 0 Å². The molecular weight excluding hydrogens is 254 g/mol. The van der Waals surface area contributed by atoms with Gasteiger partial charge < -0.3 is 14.7 Å². The van der Waals surface area contributed by atoms with E-state index in [9.17, 15) is 9.90 Å². The summed E-state index contributed by atoms with van der Waals surface area (Å²) in [4.78, 5) is 11.6. The number of phenolic OH excluding ortho intramolecular Hbond substituents is 1. The van der Waals surface area contributed by atoms with Crippen LogP contribution in [0, 0.1) is 6.92 Å². The van der Waals surface area contributed by atoms with E-state index in [2.05, 4.69) is 5.16 Å². The van der Waals surface area contributed by atoms with Crippen LogP contribution in [0.5, 0.6) is 5.75 Å². The van der Waals surface area contributed by atoms with Gasteiger partial charge in [-0.05, 0) is 30.9 Å². The van der Waals surface area contributed by atoms with Gasteiger partial charge >= 0.3 is 5.97 Å². The van der Waals surface area contributed by atoms with Gasteiger partial charge in [0.1, 0.15) is 11.4 Å². The van der Waals surface area contributed by atoms with Crippen molar-refractivity contribution < 1.29 is 19.5 Å². The van der Waals surface area contributed by atoms with E-state index in [1.165, 1.54) is 17.8 Å². The van der Waals surface area contributed by atoms with Crippen LogP contribution in [0.15, 0.2) is 27.6 Å². The third kappa shape index (κ3) is 2.19. The molecule has 0 aliphatic heterocycles. The molecule has 0 saturated carbocycles. The minimum atomic E-state index is -1.17. The monoisotopic (exact) mass is 265 g/mol. The largest absolute Gasteiger partial charge is 0.508 e. The molecule has 2 N–H and O–H groups in total. The Hall–Kier alpha value is -1.95. The molecule has 2 aromatic rings. The molecule has 0 fully saturated rings. The number of hydrogen-bond donors (Lipinski definition) is 2.